The molecule has 5 rings (SSSR count). The number of carbonyl (C=O) groups is 1. The van der Waals surface area contributed by atoms with E-state index in [0.29, 0.717) is 24.5 Å². The molecule has 2 aliphatic heterocycles. The molecule has 0 saturated heterocycles. The molecule has 2 aromatic carbocycles. The predicted octanol–water partition coefficient (Wildman–Crippen LogP) is 7.10. The van der Waals surface area contributed by atoms with Gasteiger partial charge in [-0.05, 0) is 98.7 Å². The van der Waals surface area contributed by atoms with Gasteiger partial charge in [-0.2, -0.15) is 0 Å². The third kappa shape index (κ3) is 6.99. The van der Waals surface area contributed by atoms with Gasteiger partial charge in [-0.3, -0.25) is 9.52 Å². The highest BCUT2D eigenvalue weighted by molar-refractivity contribution is 7.84. The van der Waals surface area contributed by atoms with Gasteiger partial charge >= 0.3 is 0 Å². The number of allylic oxidation sites excluding steroid dienone is 1. The molecule has 0 spiro atoms. The number of benzene rings is 2. The van der Waals surface area contributed by atoms with Gasteiger partial charge in [0, 0.05) is 43.8 Å². The van der Waals surface area contributed by atoms with Crippen molar-refractivity contribution in [3.8, 4) is 5.75 Å². The molecule has 1 aliphatic carbocycles. The van der Waals surface area contributed by atoms with E-state index in [0.717, 1.165) is 55.2 Å². The highest BCUT2D eigenvalue weighted by Crippen LogP contribution is 2.48. The zero-order chi connectivity index (χ0) is 32.3. The summed E-state index contributed by atoms with van der Waals surface area (Å²) in [5, 5.41) is 0.508. The molecule has 45 heavy (non-hydrogen) atoms. The van der Waals surface area contributed by atoms with Crippen LogP contribution in [0.5, 0.6) is 5.75 Å². The number of carbonyl (C=O) groups excluding carboxylic acids is 1. The number of nitrogens with zero attached hydrogens (tertiary/aromatic N) is 1. The summed E-state index contributed by atoms with van der Waals surface area (Å²) in [4.78, 5) is 15.8. The van der Waals surface area contributed by atoms with Crippen molar-refractivity contribution in [3.63, 3.8) is 0 Å². The maximum atomic E-state index is 13.4. The molecule has 9 heteroatoms. The number of amides is 1. The Balaban J connectivity index is 1.59. The van der Waals surface area contributed by atoms with Crippen LogP contribution in [0.4, 0.5) is 5.69 Å². The minimum absolute atomic E-state index is 0.0817. The summed E-state index contributed by atoms with van der Waals surface area (Å²) >= 11 is 6.44. The Labute approximate surface area is 276 Å². The monoisotopic (exact) mass is 656 g/mol. The molecule has 2 heterocycles. The van der Waals surface area contributed by atoms with Gasteiger partial charge in [-0.15, -0.1) is 0 Å². The molecule has 7 unspecified atom stereocenters. The number of hydrogen-bond acceptors (Lipinski definition) is 6. The lowest BCUT2D eigenvalue weighted by molar-refractivity contribution is -0.146. The quantitative estimate of drug-likeness (QED) is 0.334. The summed E-state index contributed by atoms with van der Waals surface area (Å²) in [6.07, 6.45) is 8.99. The van der Waals surface area contributed by atoms with Crippen LogP contribution in [0.3, 0.4) is 0 Å². The Kier molecular flexibility index (Phi) is 11.0. The van der Waals surface area contributed by atoms with Gasteiger partial charge < -0.3 is 19.1 Å². The summed E-state index contributed by atoms with van der Waals surface area (Å²) < 4.78 is 34.9. The molecule has 8 atom stereocenters. The topological polar surface area (TPSA) is 77.1 Å². The summed E-state index contributed by atoms with van der Waals surface area (Å²) in [6.45, 7) is 10.3. The second-order valence-corrected chi connectivity index (χ2v) is 15.1. The lowest BCUT2D eigenvalue weighted by Gasteiger charge is -2.51. The minimum atomic E-state index is -1.55. The van der Waals surface area contributed by atoms with Crippen LogP contribution in [-0.4, -0.2) is 61.0 Å². The molecule has 1 saturated carbocycles. The van der Waals surface area contributed by atoms with Crippen molar-refractivity contribution in [1.29, 1.82) is 0 Å². The summed E-state index contributed by atoms with van der Waals surface area (Å²) in [5.41, 5.74) is 3.28. The van der Waals surface area contributed by atoms with Crippen LogP contribution in [0.15, 0.2) is 48.6 Å². The van der Waals surface area contributed by atoms with Crippen molar-refractivity contribution < 1.29 is 23.2 Å². The first kappa shape index (κ1) is 34.0. The first-order valence-corrected chi connectivity index (χ1v) is 18.0. The van der Waals surface area contributed by atoms with Gasteiger partial charge in [0.1, 0.15) is 22.3 Å². The molecule has 246 valence electrons. The fourth-order valence-corrected chi connectivity index (χ4v) is 8.58. The van der Waals surface area contributed by atoms with E-state index in [1.165, 1.54) is 11.1 Å². The summed E-state index contributed by atoms with van der Waals surface area (Å²) in [7, 11) is 1.99. The van der Waals surface area contributed by atoms with E-state index in [4.69, 9.17) is 25.8 Å². The normalized spacial score (nSPS) is 31.9. The van der Waals surface area contributed by atoms with E-state index in [1.807, 2.05) is 25.1 Å². The van der Waals surface area contributed by atoms with Crippen molar-refractivity contribution >= 4 is 34.2 Å². The van der Waals surface area contributed by atoms with E-state index in [1.54, 1.807) is 20.3 Å². The SMILES string of the molecule is CCCc1cc(Cl)ccc1C1COc2ccc3cc2N(C1)CC1CCC1C(OC)([C@@H](C)OC)/C=C/CC(C)C(C)S(=O)NC3=O. The average Bonchev–Trinajstić information content (AvgIpc) is 3.20. The third-order valence-corrected chi connectivity index (χ3v) is 12.3. The summed E-state index contributed by atoms with van der Waals surface area (Å²) in [5.74, 6) is 1.19. The number of halogens is 1. The number of anilines is 1. The Bertz CT molecular complexity index is 1420. The van der Waals surface area contributed by atoms with Crippen LogP contribution in [-0.2, 0) is 26.9 Å². The number of hydrogen-bond donors (Lipinski definition) is 1. The zero-order valence-electron chi connectivity index (χ0n) is 27.5. The van der Waals surface area contributed by atoms with Gasteiger partial charge in [0.15, 0.2) is 0 Å². The second kappa shape index (κ2) is 14.6. The highest BCUT2D eigenvalue weighted by atomic mass is 35.5. The zero-order valence-corrected chi connectivity index (χ0v) is 29.1. The number of nitrogens with one attached hydrogen (secondary N) is 1. The molecule has 1 fully saturated rings. The Morgan fingerprint density at radius 1 is 1.16 bits per heavy atom. The third-order valence-electron chi connectivity index (χ3n) is 10.5. The number of ether oxygens (including phenoxy) is 3. The fourth-order valence-electron chi connectivity index (χ4n) is 7.36. The molecule has 0 radical (unpaired) electrons. The molecular weight excluding hydrogens is 608 g/mol. The van der Waals surface area contributed by atoms with E-state index < -0.39 is 16.6 Å². The molecule has 1 amide bonds. The van der Waals surface area contributed by atoms with Crippen LogP contribution in [0.1, 0.15) is 80.8 Å². The smallest absolute Gasteiger partial charge is 0.263 e. The molecule has 2 bridgehead atoms. The Morgan fingerprint density at radius 3 is 2.64 bits per heavy atom. The van der Waals surface area contributed by atoms with Crippen molar-refractivity contribution in [2.45, 2.75) is 82.7 Å². The molecule has 0 aromatic heterocycles. The standard InChI is InChI=1S/C36H49ClN2O5S/c1-7-9-26-18-30(37)13-14-31(26)29-21-39-20-28-11-15-32(28)36(43-6,25(4)42-5)17-8-10-23(2)24(3)45(41)38-35(40)27-12-16-34(44-22-29)33(39)19-27/h8,12-14,16-19,23-25,28-29,32H,7,9-11,15,20-22H2,1-6H3,(H,38,40)/b17-8+/t23?,24?,25-,28?,29?,32?,36?,45?/m1/s1. The molecule has 1 N–H and O–H groups in total. The van der Waals surface area contributed by atoms with Crippen LogP contribution >= 0.6 is 11.6 Å². The lowest BCUT2D eigenvalue weighted by atomic mass is 9.62. The van der Waals surface area contributed by atoms with Gasteiger partial charge in [0.05, 0.1) is 23.6 Å². The molecule has 2 aromatic rings. The van der Waals surface area contributed by atoms with Crippen LogP contribution < -0.4 is 14.4 Å². The van der Waals surface area contributed by atoms with Gasteiger partial charge in [0.2, 0.25) is 0 Å². The fraction of sp³-hybridized carbons (Fsp3) is 0.583. The predicted molar refractivity (Wildman–Crippen MR) is 183 cm³/mol. The first-order chi connectivity index (χ1) is 21.6. The van der Waals surface area contributed by atoms with Crippen LogP contribution in [0.2, 0.25) is 5.02 Å². The summed E-state index contributed by atoms with van der Waals surface area (Å²) in [6, 6.07) is 11.8. The second-order valence-electron chi connectivity index (χ2n) is 13.1. The van der Waals surface area contributed by atoms with Crippen molar-refractivity contribution in [1.82, 2.24) is 4.72 Å². The van der Waals surface area contributed by atoms with E-state index in [-0.39, 0.29) is 35.0 Å². The highest BCUT2D eigenvalue weighted by Gasteiger charge is 2.50. The van der Waals surface area contributed by atoms with Gasteiger partial charge in [-0.1, -0.05) is 50.1 Å². The first-order valence-electron chi connectivity index (χ1n) is 16.4. The van der Waals surface area contributed by atoms with Crippen molar-refractivity contribution in [3.05, 3.63) is 70.3 Å². The Morgan fingerprint density at radius 2 is 1.96 bits per heavy atom. The number of methoxy groups -OCH3 is 2. The lowest BCUT2D eigenvalue weighted by Crippen LogP contribution is -2.56. The maximum Gasteiger partial charge on any atom is 0.263 e. The van der Waals surface area contributed by atoms with Crippen LogP contribution in [0, 0.1) is 17.8 Å². The number of aryl methyl sites for hydroxylation is 1. The minimum Gasteiger partial charge on any atom is -0.491 e. The molecular formula is C36H49ClN2O5S. The number of fused-ring (bicyclic) bond motifs is 2. The molecule has 3 aliphatic rings. The molecule has 7 nitrogen and oxygen atoms in total. The van der Waals surface area contributed by atoms with Gasteiger partial charge in [0.25, 0.3) is 5.91 Å². The number of rotatable bonds is 6. The van der Waals surface area contributed by atoms with Crippen molar-refractivity contribution in [2.75, 3.05) is 38.8 Å². The van der Waals surface area contributed by atoms with Crippen molar-refractivity contribution in [2.24, 2.45) is 17.8 Å². The maximum absolute atomic E-state index is 13.4. The Hall–Kier alpha value is -2.39. The van der Waals surface area contributed by atoms with E-state index >= 15 is 0 Å². The largest absolute Gasteiger partial charge is 0.491 e. The average molecular weight is 657 g/mol. The van der Waals surface area contributed by atoms with Gasteiger partial charge in [-0.25, -0.2) is 4.21 Å². The van der Waals surface area contributed by atoms with E-state index in [9.17, 15) is 9.00 Å². The van der Waals surface area contributed by atoms with Crippen LogP contribution in [0.25, 0.3) is 0 Å². The van der Waals surface area contributed by atoms with E-state index in [2.05, 4.69) is 54.7 Å².